The molecular weight excluding hydrogens is 428 g/mol. The SMILES string of the molecule is O=C1NCc2nc(-c3c(F)cccc3F)cc(Nc3ccc(N4CCOCC45CC5)cn3)c21. The van der Waals surface area contributed by atoms with Crippen LogP contribution in [-0.4, -0.2) is 41.2 Å². The van der Waals surface area contributed by atoms with Crippen molar-refractivity contribution in [2.24, 2.45) is 0 Å². The number of aromatic nitrogens is 2. The van der Waals surface area contributed by atoms with Crippen LogP contribution in [0.1, 0.15) is 28.9 Å². The van der Waals surface area contributed by atoms with Crippen molar-refractivity contribution < 1.29 is 18.3 Å². The zero-order valence-corrected chi connectivity index (χ0v) is 17.7. The molecule has 1 saturated carbocycles. The third-order valence-electron chi connectivity index (χ3n) is 6.51. The Labute approximate surface area is 188 Å². The Morgan fingerprint density at radius 2 is 1.94 bits per heavy atom. The van der Waals surface area contributed by atoms with Gasteiger partial charge in [-0.05, 0) is 43.2 Å². The van der Waals surface area contributed by atoms with E-state index >= 15 is 0 Å². The smallest absolute Gasteiger partial charge is 0.255 e. The molecule has 1 saturated heterocycles. The van der Waals surface area contributed by atoms with E-state index < -0.39 is 11.6 Å². The number of nitrogens with zero attached hydrogens (tertiary/aromatic N) is 3. The van der Waals surface area contributed by atoms with Gasteiger partial charge in [-0.15, -0.1) is 0 Å². The predicted molar refractivity (Wildman–Crippen MR) is 118 cm³/mol. The summed E-state index contributed by atoms with van der Waals surface area (Å²) in [6.45, 7) is 2.44. The van der Waals surface area contributed by atoms with Crippen LogP contribution in [0.3, 0.4) is 0 Å². The first-order valence-electron chi connectivity index (χ1n) is 10.9. The standard InChI is InChI=1S/C24H21F2N5O2/c25-15-2-1-3-16(26)21(15)17-10-18(22-19(29-17)12-28-23(22)32)30-20-5-4-14(11-27-20)31-8-9-33-13-24(31)6-7-24/h1-5,10-11H,6-9,12-13H2,(H,28,32)(H,27,29,30). The fourth-order valence-electron chi connectivity index (χ4n) is 4.65. The molecule has 6 rings (SSSR count). The number of rotatable bonds is 4. The number of anilines is 3. The highest BCUT2D eigenvalue weighted by Crippen LogP contribution is 2.45. The van der Waals surface area contributed by atoms with Crippen molar-refractivity contribution in [3.8, 4) is 11.3 Å². The Kier molecular flexibility index (Phi) is 4.55. The molecular formula is C24H21F2N5O2. The van der Waals surface area contributed by atoms with E-state index in [0.29, 0.717) is 29.4 Å². The topological polar surface area (TPSA) is 79.4 Å². The number of ether oxygens (including phenoxy) is 1. The fourth-order valence-corrected chi connectivity index (χ4v) is 4.65. The lowest BCUT2D eigenvalue weighted by molar-refractivity contribution is 0.0864. The van der Waals surface area contributed by atoms with Gasteiger partial charge in [-0.25, -0.2) is 18.7 Å². The van der Waals surface area contributed by atoms with Gasteiger partial charge in [0.15, 0.2) is 0 Å². The number of hydrogen-bond acceptors (Lipinski definition) is 6. The molecule has 9 heteroatoms. The molecule has 0 unspecified atom stereocenters. The zero-order valence-electron chi connectivity index (χ0n) is 17.7. The van der Waals surface area contributed by atoms with Gasteiger partial charge in [0.25, 0.3) is 5.91 Å². The van der Waals surface area contributed by atoms with Crippen LogP contribution >= 0.6 is 0 Å². The second-order valence-corrected chi connectivity index (χ2v) is 8.61. The van der Waals surface area contributed by atoms with Gasteiger partial charge in [-0.2, -0.15) is 0 Å². The Morgan fingerprint density at radius 3 is 2.67 bits per heavy atom. The fraction of sp³-hybridized carbons (Fsp3) is 0.292. The summed E-state index contributed by atoms with van der Waals surface area (Å²) in [5.41, 5.74) is 2.19. The van der Waals surface area contributed by atoms with Gasteiger partial charge in [-0.1, -0.05) is 6.07 Å². The van der Waals surface area contributed by atoms with E-state index in [1.165, 1.54) is 24.3 Å². The predicted octanol–water partition coefficient (Wildman–Crippen LogP) is 3.78. The highest BCUT2D eigenvalue weighted by Gasteiger charge is 2.50. The maximum absolute atomic E-state index is 14.4. The van der Waals surface area contributed by atoms with Crippen molar-refractivity contribution >= 4 is 23.1 Å². The van der Waals surface area contributed by atoms with E-state index in [2.05, 4.69) is 25.5 Å². The molecule has 1 aliphatic carbocycles. The van der Waals surface area contributed by atoms with Gasteiger partial charge in [-0.3, -0.25) is 4.79 Å². The minimum absolute atomic E-state index is 0.0949. The largest absolute Gasteiger partial charge is 0.377 e. The molecule has 2 fully saturated rings. The molecule has 168 valence electrons. The lowest BCUT2D eigenvalue weighted by Gasteiger charge is -2.37. The van der Waals surface area contributed by atoms with Crippen LogP contribution in [0.25, 0.3) is 11.3 Å². The second kappa shape index (κ2) is 7.48. The number of carbonyl (C=O) groups excluding carboxylic acids is 1. The summed E-state index contributed by atoms with van der Waals surface area (Å²) in [5, 5.41) is 5.87. The number of morpholine rings is 1. The van der Waals surface area contributed by atoms with Gasteiger partial charge in [0, 0.05) is 6.54 Å². The molecule has 1 aromatic carbocycles. The normalized spacial score (nSPS) is 18.2. The van der Waals surface area contributed by atoms with Crippen molar-refractivity contribution in [3.63, 3.8) is 0 Å². The van der Waals surface area contributed by atoms with E-state index in [9.17, 15) is 13.6 Å². The second-order valence-electron chi connectivity index (χ2n) is 8.61. The summed E-state index contributed by atoms with van der Waals surface area (Å²) in [7, 11) is 0. The average Bonchev–Trinajstić information content (AvgIpc) is 3.47. The first kappa shape index (κ1) is 20.0. The van der Waals surface area contributed by atoms with Gasteiger partial charge < -0.3 is 20.3 Å². The number of pyridine rings is 2. The van der Waals surface area contributed by atoms with Crippen molar-refractivity contribution in [2.45, 2.75) is 24.9 Å². The van der Waals surface area contributed by atoms with Crippen molar-refractivity contribution in [3.05, 3.63) is 65.5 Å². The lowest BCUT2D eigenvalue weighted by Crippen LogP contribution is -2.47. The Bertz CT molecular complexity index is 1240. The first-order chi connectivity index (χ1) is 16.0. The summed E-state index contributed by atoms with van der Waals surface area (Å²) >= 11 is 0. The van der Waals surface area contributed by atoms with E-state index in [-0.39, 0.29) is 29.2 Å². The molecule has 3 aliphatic rings. The zero-order chi connectivity index (χ0) is 22.6. The molecule has 0 bridgehead atoms. The highest BCUT2D eigenvalue weighted by atomic mass is 19.1. The summed E-state index contributed by atoms with van der Waals surface area (Å²) in [5.74, 6) is -1.20. The van der Waals surface area contributed by atoms with E-state index in [0.717, 1.165) is 31.7 Å². The van der Waals surface area contributed by atoms with Crippen LogP contribution in [0.4, 0.5) is 26.0 Å². The minimum atomic E-state index is -0.715. The van der Waals surface area contributed by atoms with Gasteiger partial charge >= 0.3 is 0 Å². The van der Waals surface area contributed by atoms with Gasteiger partial charge in [0.2, 0.25) is 0 Å². The molecule has 4 heterocycles. The number of nitrogens with one attached hydrogen (secondary N) is 2. The minimum Gasteiger partial charge on any atom is -0.377 e. The number of hydrogen-bond donors (Lipinski definition) is 2. The molecule has 0 radical (unpaired) electrons. The molecule has 7 nitrogen and oxygen atoms in total. The van der Waals surface area contributed by atoms with Crippen LogP contribution in [0.15, 0.2) is 42.6 Å². The molecule has 33 heavy (non-hydrogen) atoms. The number of halogens is 2. The van der Waals surface area contributed by atoms with Crippen LogP contribution in [0.5, 0.6) is 0 Å². The van der Waals surface area contributed by atoms with Crippen LogP contribution in [0.2, 0.25) is 0 Å². The molecule has 1 amide bonds. The Hall–Kier alpha value is -3.59. The molecule has 1 spiro atoms. The Balaban J connectivity index is 1.34. The maximum Gasteiger partial charge on any atom is 0.255 e. The third kappa shape index (κ3) is 3.39. The summed E-state index contributed by atoms with van der Waals surface area (Å²) in [4.78, 5) is 23.7. The first-order valence-corrected chi connectivity index (χ1v) is 10.9. The van der Waals surface area contributed by atoms with Crippen LogP contribution in [0, 0.1) is 11.6 Å². The molecule has 3 aromatic rings. The molecule has 2 N–H and O–H groups in total. The summed E-state index contributed by atoms with van der Waals surface area (Å²) < 4.78 is 34.5. The summed E-state index contributed by atoms with van der Waals surface area (Å²) in [6.07, 6.45) is 4.02. The van der Waals surface area contributed by atoms with Crippen LogP contribution in [-0.2, 0) is 11.3 Å². The number of amides is 1. The number of benzene rings is 1. The Morgan fingerprint density at radius 1 is 1.12 bits per heavy atom. The number of fused-ring (bicyclic) bond motifs is 1. The van der Waals surface area contributed by atoms with Crippen molar-refractivity contribution in [1.82, 2.24) is 15.3 Å². The van der Waals surface area contributed by atoms with Crippen molar-refractivity contribution in [1.29, 1.82) is 0 Å². The van der Waals surface area contributed by atoms with E-state index in [1.54, 1.807) is 6.20 Å². The third-order valence-corrected chi connectivity index (χ3v) is 6.51. The summed E-state index contributed by atoms with van der Waals surface area (Å²) in [6, 6.07) is 8.98. The molecule has 2 aliphatic heterocycles. The van der Waals surface area contributed by atoms with E-state index in [1.807, 2.05) is 12.1 Å². The lowest BCUT2D eigenvalue weighted by atomic mass is 10.1. The highest BCUT2D eigenvalue weighted by molar-refractivity contribution is 6.04. The monoisotopic (exact) mass is 449 g/mol. The number of carbonyl (C=O) groups is 1. The van der Waals surface area contributed by atoms with Gasteiger partial charge in [0.1, 0.15) is 17.5 Å². The van der Waals surface area contributed by atoms with Crippen molar-refractivity contribution in [2.75, 3.05) is 30.0 Å². The maximum atomic E-state index is 14.4. The van der Waals surface area contributed by atoms with E-state index in [4.69, 9.17) is 4.74 Å². The van der Waals surface area contributed by atoms with Gasteiger partial charge in [0.05, 0.1) is 65.4 Å². The molecule has 0 atom stereocenters. The molecule has 2 aromatic heterocycles. The quantitative estimate of drug-likeness (QED) is 0.631. The van der Waals surface area contributed by atoms with Crippen LogP contribution < -0.4 is 15.5 Å². The average molecular weight is 449 g/mol.